The molecular formula is C40H35Cl2F7N12O3. The Balaban J connectivity index is 0.000000340. The first-order valence-electron chi connectivity index (χ1n) is 17.9. The molecule has 0 radical (unpaired) electrons. The van der Waals surface area contributed by atoms with E-state index in [4.69, 9.17) is 26.2 Å². The van der Waals surface area contributed by atoms with Crippen LogP contribution in [0.5, 0.6) is 11.5 Å². The van der Waals surface area contributed by atoms with Gasteiger partial charge in [0.1, 0.15) is 40.7 Å². The van der Waals surface area contributed by atoms with Crippen molar-refractivity contribution in [2.75, 3.05) is 42.8 Å². The minimum absolute atomic E-state index is 0. The number of rotatable bonds is 12. The normalized spacial score (nSPS) is 10.6. The summed E-state index contributed by atoms with van der Waals surface area (Å²) in [5.74, 6) is 6.10. The van der Waals surface area contributed by atoms with E-state index in [0.717, 1.165) is 34.7 Å². The number of hydrogen-bond donors (Lipinski definition) is 4. The predicted octanol–water partition coefficient (Wildman–Crippen LogP) is 7.32. The molecule has 0 fully saturated rings. The van der Waals surface area contributed by atoms with Crippen molar-refractivity contribution in [1.29, 1.82) is 5.26 Å². The summed E-state index contributed by atoms with van der Waals surface area (Å²) in [5, 5.41) is 26.3. The number of nitrogens with one attached hydrogen (secondary N) is 2. The lowest BCUT2D eigenvalue weighted by atomic mass is 10.1. The second-order valence-electron chi connectivity index (χ2n) is 12.5. The van der Waals surface area contributed by atoms with Crippen LogP contribution in [0.2, 0.25) is 0 Å². The van der Waals surface area contributed by atoms with Gasteiger partial charge in [0.05, 0.1) is 67.2 Å². The summed E-state index contributed by atoms with van der Waals surface area (Å²) in [6.45, 7) is 0.707. The number of carbonyl (C=O) groups is 1. The van der Waals surface area contributed by atoms with Crippen LogP contribution in [0.4, 0.5) is 53.9 Å². The third-order valence-electron chi connectivity index (χ3n) is 8.18. The highest BCUT2D eigenvalue weighted by molar-refractivity contribution is 5.95. The number of H-pyrrole nitrogens is 1. The van der Waals surface area contributed by atoms with Gasteiger partial charge in [-0.3, -0.25) is 14.9 Å². The number of nitriles is 1. The number of hydrogen-bond acceptors (Lipinski definition) is 13. The Hall–Kier alpha value is -7.27. The zero-order valence-electron chi connectivity index (χ0n) is 33.0. The molecule has 0 bridgehead atoms. The number of anilines is 4. The molecule has 1 amide bonds. The molecule has 0 unspecified atom stereocenters. The number of ether oxygens (including phenoxy) is 2. The third-order valence-corrected chi connectivity index (χ3v) is 8.18. The topological polar surface area (TPSA) is 220 Å². The fourth-order valence-corrected chi connectivity index (χ4v) is 5.26. The van der Waals surface area contributed by atoms with E-state index in [1.54, 1.807) is 7.11 Å². The van der Waals surface area contributed by atoms with Gasteiger partial charge in [-0.05, 0) is 73.5 Å². The van der Waals surface area contributed by atoms with E-state index in [2.05, 4.69) is 52.5 Å². The molecule has 6 aromatic rings. The quantitative estimate of drug-likeness (QED) is 0.0538. The van der Waals surface area contributed by atoms with Crippen molar-refractivity contribution < 1.29 is 45.0 Å². The lowest BCUT2D eigenvalue weighted by molar-refractivity contribution is -0.144. The molecule has 0 atom stereocenters. The third kappa shape index (κ3) is 14.1. The highest BCUT2D eigenvalue weighted by atomic mass is 35.5. The number of nitrogens with zero attached hydrogens (tertiary/aromatic N) is 8. The van der Waals surface area contributed by atoms with Crippen LogP contribution in [0.25, 0.3) is 11.3 Å². The molecular weight excluding hydrogens is 900 g/mol. The Morgan fingerprint density at radius 2 is 1.62 bits per heavy atom. The van der Waals surface area contributed by atoms with E-state index in [1.165, 1.54) is 36.7 Å². The van der Waals surface area contributed by atoms with Crippen LogP contribution in [0, 0.1) is 29.0 Å². The van der Waals surface area contributed by atoms with Gasteiger partial charge in [-0.1, -0.05) is 12.0 Å². The summed E-state index contributed by atoms with van der Waals surface area (Å²) in [4.78, 5) is 25.2. The summed E-state index contributed by atoms with van der Waals surface area (Å²) in [6.07, 6.45) is -7.41. The molecule has 2 aromatic carbocycles. The van der Waals surface area contributed by atoms with Gasteiger partial charge in [0.15, 0.2) is 11.5 Å². The standard InChI is InChI=1S/C22H14F7N5O.C18H19N7O2.2ClH/c23-14-3-6-16(7-4-14)34(9-1-2-15-5-8-19(30)33-32-15)20(35)11-18-17(22(27,28)29)10-13(12-31-18)21(24,25)26;1-26-14-4-2-5-15(27-7-3-6-19)18(14)13-8-16(25-24-13)23-17-11-21-12(9-20)10-22-17;;/h3-8,10,12H,9,11H2,(H2,30,33);2,4-5,8,10-11H,3,6-7,19H2,1H3,(H2,22,23,24,25);2*1H. The number of nitrogens with two attached hydrogens (primary N) is 2. The van der Waals surface area contributed by atoms with Gasteiger partial charge in [0.25, 0.3) is 0 Å². The van der Waals surface area contributed by atoms with Crippen molar-refractivity contribution in [2.24, 2.45) is 5.73 Å². The van der Waals surface area contributed by atoms with Gasteiger partial charge in [-0.15, -0.1) is 35.0 Å². The molecule has 0 aliphatic rings. The monoisotopic (exact) mass is 934 g/mol. The summed E-state index contributed by atoms with van der Waals surface area (Å²) in [5.41, 5.74) is 8.78. The van der Waals surface area contributed by atoms with Crippen molar-refractivity contribution in [2.45, 2.75) is 25.2 Å². The van der Waals surface area contributed by atoms with E-state index in [1.807, 2.05) is 30.3 Å². The van der Waals surface area contributed by atoms with Crippen molar-refractivity contribution >= 4 is 53.9 Å². The predicted molar refractivity (Wildman–Crippen MR) is 224 cm³/mol. The van der Waals surface area contributed by atoms with Crippen LogP contribution in [0.1, 0.15) is 34.6 Å². The molecule has 336 valence electrons. The number of carbonyl (C=O) groups excluding carboxylic acids is 1. The largest absolute Gasteiger partial charge is 0.496 e. The molecule has 6 N–H and O–H groups in total. The number of nitrogen functional groups attached to an aromatic ring is 1. The first kappa shape index (κ1) is 51.1. The molecule has 0 saturated heterocycles. The minimum Gasteiger partial charge on any atom is -0.496 e. The van der Waals surface area contributed by atoms with Crippen molar-refractivity contribution in [1.82, 2.24) is 35.3 Å². The van der Waals surface area contributed by atoms with Gasteiger partial charge in [0.2, 0.25) is 5.91 Å². The number of alkyl halides is 6. The smallest absolute Gasteiger partial charge is 0.418 e. The van der Waals surface area contributed by atoms with Crippen LogP contribution in [0.15, 0.2) is 85.3 Å². The number of methoxy groups -OCH3 is 1. The first-order valence-corrected chi connectivity index (χ1v) is 17.9. The second-order valence-corrected chi connectivity index (χ2v) is 12.5. The summed E-state index contributed by atoms with van der Waals surface area (Å²) in [7, 11) is 1.60. The Morgan fingerprint density at radius 3 is 2.23 bits per heavy atom. The molecule has 6 rings (SSSR count). The van der Waals surface area contributed by atoms with E-state index in [-0.39, 0.29) is 66.5 Å². The fourth-order valence-electron chi connectivity index (χ4n) is 5.26. The maximum atomic E-state index is 13.4. The Labute approximate surface area is 372 Å². The number of amides is 1. The van der Waals surface area contributed by atoms with E-state index >= 15 is 0 Å². The Morgan fingerprint density at radius 1 is 0.891 bits per heavy atom. The summed E-state index contributed by atoms with van der Waals surface area (Å²) < 4.78 is 104. The lowest BCUT2D eigenvalue weighted by Gasteiger charge is -2.21. The number of benzene rings is 2. The number of halogens is 9. The molecule has 0 aliphatic heterocycles. The summed E-state index contributed by atoms with van der Waals surface area (Å²) in [6, 6.07) is 16.5. The molecule has 0 spiro atoms. The van der Waals surface area contributed by atoms with E-state index < -0.39 is 47.3 Å². The molecule has 15 nitrogen and oxygen atoms in total. The van der Waals surface area contributed by atoms with Gasteiger partial charge < -0.3 is 31.2 Å². The zero-order valence-corrected chi connectivity index (χ0v) is 34.7. The Kier molecular flexibility index (Phi) is 18.6. The number of pyridine rings is 1. The SMILES string of the molecule is COc1cccc(OCCCN)c1-c1cc(Nc2cnc(C#N)cn2)n[nH]1.Cl.Cl.Nc1ccc(C#CCN(C(=O)Cc2ncc(C(F)(F)F)cc2C(F)(F)F)c2ccc(F)cc2)nn1. The van der Waals surface area contributed by atoms with Crippen molar-refractivity contribution in [3.63, 3.8) is 0 Å². The maximum Gasteiger partial charge on any atom is 0.418 e. The average molecular weight is 936 g/mol. The van der Waals surface area contributed by atoms with E-state index in [0.29, 0.717) is 36.3 Å². The molecule has 24 heteroatoms. The minimum atomic E-state index is -5.20. The highest BCUT2D eigenvalue weighted by Crippen LogP contribution is 2.39. The molecule has 4 heterocycles. The highest BCUT2D eigenvalue weighted by Gasteiger charge is 2.39. The molecule has 0 aliphatic carbocycles. The number of aromatic amines is 1. The van der Waals surface area contributed by atoms with E-state index in [9.17, 15) is 35.5 Å². The maximum absolute atomic E-state index is 13.4. The van der Waals surface area contributed by atoms with Crippen LogP contribution < -0.4 is 31.2 Å². The van der Waals surface area contributed by atoms with Crippen LogP contribution >= 0.6 is 24.8 Å². The lowest BCUT2D eigenvalue weighted by Crippen LogP contribution is -2.33. The zero-order chi connectivity index (χ0) is 44.9. The van der Waals surface area contributed by atoms with Crippen LogP contribution in [-0.4, -0.2) is 68.1 Å². The average Bonchev–Trinajstić information content (AvgIpc) is 3.71. The fraction of sp³-hybridized carbons (Fsp3) is 0.200. The van der Waals surface area contributed by atoms with Gasteiger partial charge >= 0.3 is 12.4 Å². The van der Waals surface area contributed by atoms with Crippen molar-refractivity contribution in [3.05, 3.63) is 119 Å². The molecule has 64 heavy (non-hydrogen) atoms. The van der Waals surface area contributed by atoms with Gasteiger partial charge in [-0.25, -0.2) is 14.4 Å². The molecule has 0 saturated carbocycles. The van der Waals surface area contributed by atoms with Gasteiger partial charge in [0, 0.05) is 18.0 Å². The number of aromatic nitrogens is 7. The van der Waals surface area contributed by atoms with Crippen LogP contribution in [0.3, 0.4) is 0 Å². The first-order chi connectivity index (χ1) is 29.6. The van der Waals surface area contributed by atoms with Crippen molar-refractivity contribution in [3.8, 4) is 40.7 Å². The second kappa shape index (κ2) is 23.3. The Bertz CT molecular complexity index is 2560. The van der Waals surface area contributed by atoms with Crippen LogP contribution in [-0.2, 0) is 23.6 Å². The summed E-state index contributed by atoms with van der Waals surface area (Å²) >= 11 is 0. The van der Waals surface area contributed by atoms with Gasteiger partial charge in [-0.2, -0.15) is 36.7 Å². The molecule has 4 aromatic heterocycles.